The van der Waals surface area contributed by atoms with E-state index in [4.69, 9.17) is 10.5 Å². The molecular formula is C14H17FN2O4. The molecule has 1 unspecified atom stereocenters. The lowest BCUT2D eigenvalue weighted by molar-refractivity contribution is -0.145. The zero-order chi connectivity index (χ0) is 15.4. The van der Waals surface area contributed by atoms with Gasteiger partial charge in [0.15, 0.2) is 0 Å². The van der Waals surface area contributed by atoms with E-state index in [1.807, 2.05) is 0 Å². The minimum atomic E-state index is -0.491. The molecule has 114 valence electrons. The number of morpholine rings is 1. The summed E-state index contributed by atoms with van der Waals surface area (Å²) in [5.74, 6) is -1.18. The van der Waals surface area contributed by atoms with Crippen LogP contribution in [-0.4, -0.2) is 49.7 Å². The van der Waals surface area contributed by atoms with Crippen molar-refractivity contribution in [2.75, 3.05) is 32.5 Å². The minimum absolute atomic E-state index is 0.0825. The third-order valence-electron chi connectivity index (χ3n) is 3.29. The van der Waals surface area contributed by atoms with Gasteiger partial charge in [0.1, 0.15) is 5.82 Å². The lowest BCUT2D eigenvalue weighted by atomic mass is 10.1. The fourth-order valence-corrected chi connectivity index (χ4v) is 2.20. The number of nitrogen functional groups attached to an aromatic ring is 1. The van der Waals surface area contributed by atoms with Crippen LogP contribution in [0.3, 0.4) is 0 Å². The fourth-order valence-electron chi connectivity index (χ4n) is 2.20. The number of hydrogen-bond acceptors (Lipinski definition) is 5. The quantitative estimate of drug-likeness (QED) is 0.659. The molecule has 0 spiro atoms. The molecule has 1 aromatic carbocycles. The summed E-state index contributed by atoms with van der Waals surface area (Å²) in [6, 6.07) is 3.66. The van der Waals surface area contributed by atoms with E-state index in [2.05, 4.69) is 4.74 Å². The molecule has 7 heteroatoms. The molecular weight excluding hydrogens is 279 g/mol. The molecule has 1 amide bonds. The van der Waals surface area contributed by atoms with Crippen LogP contribution in [-0.2, 0) is 14.3 Å². The molecule has 1 saturated heterocycles. The maximum absolute atomic E-state index is 13.0. The van der Waals surface area contributed by atoms with Crippen molar-refractivity contribution in [1.29, 1.82) is 0 Å². The van der Waals surface area contributed by atoms with Crippen LogP contribution in [0.1, 0.15) is 16.8 Å². The summed E-state index contributed by atoms with van der Waals surface area (Å²) in [5, 5.41) is 0. The van der Waals surface area contributed by atoms with Gasteiger partial charge in [0.25, 0.3) is 5.91 Å². The van der Waals surface area contributed by atoms with Gasteiger partial charge in [-0.05, 0) is 18.2 Å². The number of amides is 1. The van der Waals surface area contributed by atoms with Gasteiger partial charge in [0, 0.05) is 18.8 Å². The van der Waals surface area contributed by atoms with Crippen LogP contribution in [0.5, 0.6) is 0 Å². The zero-order valence-corrected chi connectivity index (χ0v) is 11.7. The third-order valence-corrected chi connectivity index (χ3v) is 3.29. The number of hydrogen-bond donors (Lipinski definition) is 1. The highest BCUT2D eigenvalue weighted by molar-refractivity contribution is 5.99. The van der Waals surface area contributed by atoms with Crippen molar-refractivity contribution in [3.8, 4) is 0 Å². The Hall–Kier alpha value is -2.15. The summed E-state index contributed by atoms with van der Waals surface area (Å²) >= 11 is 0. The van der Waals surface area contributed by atoms with E-state index in [-0.39, 0.29) is 30.1 Å². The van der Waals surface area contributed by atoms with Gasteiger partial charge in [-0.2, -0.15) is 0 Å². The van der Waals surface area contributed by atoms with Crippen LogP contribution in [0.4, 0.5) is 10.1 Å². The predicted octanol–water partition coefficient (Wildman–Crippen LogP) is 0.812. The number of anilines is 1. The summed E-state index contributed by atoms with van der Waals surface area (Å²) in [7, 11) is 1.30. The molecule has 1 heterocycles. The molecule has 1 aliphatic rings. The van der Waals surface area contributed by atoms with Crippen LogP contribution in [0.15, 0.2) is 18.2 Å². The zero-order valence-electron chi connectivity index (χ0n) is 11.7. The molecule has 2 N–H and O–H groups in total. The number of esters is 1. The third kappa shape index (κ3) is 3.69. The highest BCUT2D eigenvalue weighted by Crippen LogP contribution is 2.18. The van der Waals surface area contributed by atoms with Crippen molar-refractivity contribution in [2.24, 2.45) is 0 Å². The Bertz CT molecular complexity index is 550. The first-order valence-corrected chi connectivity index (χ1v) is 6.54. The van der Waals surface area contributed by atoms with Crippen molar-refractivity contribution in [3.63, 3.8) is 0 Å². The Balaban J connectivity index is 2.06. The normalized spacial score (nSPS) is 18.4. The molecule has 1 aliphatic heterocycles. The van der Waals surface area contributed by atoms with Gasteiger partial charge in [-0.25, -0.2) is 4.39 Å². The standard InChI is InChI=1S/C14H17FN2O4/c1-20-13(18)7-10-8-17(4-5-21-10)14(19)11-3-2-9(15)6-12(11)16/h2-3,6,10H,4-5,7-8,16H2,1H3. The number of methoxy groups -OCH3 is 1. The van der Waals surface area contributed by atoms with Crippen LogP contribution in [0.2, 0.25) is 0 Å². The first-order valence-electron chi connectivity index (χ1n) is 6.54. The van der Waals surface area contributed by atoms with Gasteiger partial charge in [-0.3, -0.25) is 9.59 Å². The number of carbonyl (C=O) groups excluding carboxylic acids is 2. The van der Waals surface area contributed by atoms with E-state index in [0.717, 1.165) is 6.07 Å². The van der Waals surface area contributed by atoms with E-state index in [1.165, 1.54) is 19.2 Å². The minimum Gasteiger partial charge on any atom is -0.469 e. The van der Waals surface area contributed by atoms with Gasteiger partial charge in [-0.1, -0.05) is 0 Å². The first-order chi connectivity index (χ1) is 10.0. The Morgan fingerprint density at radius 1 is 1.52 bits per heavy atom. The number of rotatable bonds is 3. The molecule has 0 saturated carbocycles. The monoisotopic (exact) mass is 296 g/mol. The summed E-state index contributed by atoms with van der Waals surface area (Å²) in [5.41, 5.74) is 6.01. The second kappa shape index (κ2) is 6.53. The molecule has 0 bridgehead atoms. The number of nitrogens with two attached hydrogens (primary N) is 1. The van der Waals surface area contributed by atoms with Gasteiger partial charge >= 0.3 is 5.97 Å². The van der Waals surface area contributed by atoms with E-state index in [9.17, 15) is 14.0 Å². The summed E-state index contributed by atoms with van der Waals surface area (Å²) in [4.78, 5) is 25.2. The molecule has 2 rings (SSSR count). The smallest absolute Gasteiger partial charge is 0.308 e. The number of carbonyl (C=O) groups is 2. The van der Waals surface area contributed by atoms with Gasteiger partial charge in [-0.15, -0.1) is 0 Å². The Morgan fingerprint density at radius 2 is 2.29 bits per heavy atom. The lowest BCUT2D eigenvalue weighted by Gasteiger charge is -2.32. The molecule has 1 aromatic rings. The summed E-state index contributed by atoms with van der Waals surface area (Å²) < 4.78 is 23.0. The predicted molar refractivity (Wildman–Crippen MR) is 73.1 cm³/mol. The van der Waals surface area contributed by atoms with Gasteiger partial charge < -0.3 is 20.1 Å². The first kappa shape index (κ1) is 15.2. The molecule has 0 aliphatic carbocycles. The van der Waals surface area contributed by atoms with Crippen molar-refractivity contribution >= 4 is 17.6 Å². The molecule has 21 heavy (non-hydrogen) atoms. The average Bonchev–Trinajstić information content (AvgIpc) is 2.47. The van der Waals surface area contributed by atoms with Gasteiger partial charge in [0.2, 0.25) is 0 Å². The average molecular weight is 296 g/mol. The van der Waals surface area contributed by atoms with Crippen LogP contribution in [0, 0.1) is 5.82 Å². The molecule has 0 radical (unpaired) electrons. The molecule has 0 aromatic heterocycles. The topological polar surface area (TPSA) is 81.9 Å². The largest absolute Gasteiger partial charge is 0.469 e. The highest BCUT2D eigenvalue weighted by Gasteiger charge is 2.27. The molecule has 1 fully saturated rings. The number of ether oxygens (including phenoxy) is 2. The fraction of sp³-hybridized carbons (Fsp3) is 0.429. The summed E-state index contributed by atoms with van der Waals surface area (Å²) in [6.07, 6.45) is -0.323. The van der Waals surface area contributed by atoms with Crippen molar-refractivity contribution < 1.29 is 23.5 Å². The van der Waals surface area contributed by atoms with Crippen LogP contribution < -0.4 is 5.73 Å². The Kier molecular flexibility index (Phi) is 4.74. The number of benzene rings is 1. The van der Waals surface area contributed by atoms with Crippen molar-refractivity contribution in [2.45, 2.75) is 12.5 Å². The van der Waals surface area contributed by atoms with Crippen molar-refractivity contribution in [1.82, 2.24) is 4.90 Å². The maximum Gasteiger partial charge on any atom is 0.308 e. The second-order valence-electron chi connectivity index (χ2n) is 4.76. The highest BCUT2D eigenvalue weighted by atomic mass is 19.1. The van der Waals surface area contributed by atoms with Crippen LogP contribution in [0.25, 0.3) is 0 Å². The van der Waals surface area contributed by atoms with E-state index in [0.29, 0.717) is 13.2 Å². The molecule has 6 nitrogen and oxygen atoms in total. The van der Waals surface area contributed by atoms with E-state index in [1.54, 1.807) is 4.90 Å². The van der Waals surface area contributed by atoms with Crippen molar-refractivity contribution in [3.05, 3.63) is 29.6 Å². The SMILES string of the molecule is COC(=O)CC1CN(C(=O)c2ccc(F)cc2N)CCO1. The Morgan fingerprint density at radius 3 is 2.95 bits per heavy atom. The van der Waals surface area contributed by atoms with E-state index < -0.39 is 17.9 Å². The number of nitrogens with zero attached hydrogens (tertiary/aromatic N) is 1. The van der Waals surface area contributed by atoms with Gasteiger partial charge in [0.05, 0.1) is 31.8 Å². The van der Waals surface area contributed by atoms with Crippen LogP contribution >= 0.6 is 0 Å². The second-order valence-corrected chi connectivity index (χ2v) is 4.76. The summed E-state index contributed by atoms with van der Waals surface area (Å²) in [6.45, 7) is 0.993. The van der Waals surface area contributed by atoms with E-state index >= 15 is 0 Å². The molecule has 1 atom stereocenters. The number of halogens is 1. The lowest BCUT2D eigenvalue weighted by Crippen LogP contribution is -2.46. The Labute approximate surface area is 121 Å². The maximum atomic E-state index is 13.0.